The molecule has 1 aromatic carbocycles. The van der Waals surface area contributed by atoms with Gasteiger partial charge in [-0.2, -0.15) is 0 Å². The molecule has 0 saturated carbocycles. The van der Waals surface area contributed by atoms with Crippen molar-refractivity contribution in [3.05, 3.63) is 71.4 Å². The quantitative estimate of drug-likeness (QED) is 0.447. The van der Waals surface area contributed by atoms with Gasteiger partial charge in [-0.15, -0.1) is 0 Å². The number of oxazole rings is 1. The number of carbonyl (C=O) groups is 1. The third-order valence-corrected chi connectivity index (χ3v) is 5.89. The van der Waals surface area contributed by atoms with E-state index in [4.69, 9.17) is 13.9 Å². The Kier molecular flexibility index (Phi) is 7.00. The lowest BCUT2D eigenvalue weighted by molar-refractivity contribution is -0.166. The fourth-order valence-electron chi connectivity index (χ4n) is 4.17. The van der Waals surface area contributed by atoms with E-state index in [-0.39, 0.29) is 5.97 Å². The molecule has 0 amide bonds. The van der Waals surface area contributed by atoms with Gasteiger partial charge in [0.1, 0.15) is 5.76 Å². The molecular formula is C26H30N2O4. The lowest BCUT2D eigenvalue weighted by atomic mass is 9.92. The highest BCUT2D eigenvalue weighted by molar-refractivity contribution is 5.80. The highest BCUT2D eigenvalue weighted by atomic mass is 16.6. The molecule has 4 rings (SSSR count). The van der Waals surface area contributed by atoms with E-state index in [1.165, 1.54) is 0 Å². The molecule has 1 saturated heterocycles. The Balaban J connectivity index is 1.33. The zero-order chi connectivity index (χ0) is 22.4. The van der Waals surface area contributed by atoms with Crippen molar-refractivity contribution >= 4 is 5.97 Å². The first-order valence-corrected chi connectivity index (χ1v) is 11.4. The number of carbonyl (C=O) groups excluding carboxylic acids is 1. The van der Waals surface area contributed by atoms with Crippen molar-refractivity contribution in [2.24, 2.45) is 0 Å². The summed E-state index contributed by atoms with van der Waals surface area (Å²) in [4.78, 5) is 21.7. The van der Waals surface area contributed by atoms with Crippen LogP contribution in [0.15, 0.2) is 53.1 Å². The molecule has 6 heteroatoms. The standard InChI is InChI=1S/C26H30N2O4/c1-3-30-25(29)26(15-8-16-31-26)17-20-13-14-22(27-18-20)11-7-12-23-19(2)32-24(28-23)21-9-5-4-6-10-21/h4-6,9-10,13-14,18H,3,7-8,11-12,15-17H2,1-2H3. The highest BCUT2D eigenvalue weighted by Crippen LogP contribution is 2.31. The first-order valence-electron chi connectivity index (χ1n) is 11.4. The number of nitrogens with zero attached hydrogens (tertiary/aromatic N) is 2. The number of hydrogen-bond donors (Lipinski definition) is 0. The van der Waals surface area contributed by atoms with Gasteiger partial charge in [0.2, 0.25) is 5.89 Å². The fourth-order valence-corrected chi connectivity index (χ4v) is 4.17. The summed E-state index contributed by atoms with van der Waals surface area (Å²) in [5.41, 5.74) is 3.14. The van der Waals surface area contributed by atoms with Crippen LogP contribution in [0, 0.1) is 6.92 Å². The largest absolute Gasteiger partial charge is 0.464 e. The predicted octanol–water partition coefficient (Wildman–Crippen LogP) is 4.88. The molecule has 2 aromatic heterocycles. The Labute approximate surface area is 189 Å². The molecule has 0 aliphatic carbocycles. The van der Waals surface area contributed by atoms with Crippen LogP contribution in [0.3, 0.4) is 0 Å². The number of benzene rings is 1. The van der Waals surface area contributed by atoms with Crippen LogP contribution in [0.5, 0.6) is 0 Å². The summed E-state index contributed by atoms with van der Waals surface area (Å²) in [6.45, 7) is 4.74. The number of pyridine rings is 1. The third-order valence-electron chi connectivity index (χ3n) is 5.89. The maximum Gasteiger partial charge on any atom is 0.338 e. The molecule has 32 heavy (non-hydrogen) atoms. The molecule has 1 aliphatic rings. The Morgan fingerprint density at radius 3 is 2.69 bits per heavy atom. The van der Waals surface area contributed by atoms with E-state index < -0.39 is 5.60 Å². The van der Waals surface area contributed by atoms with Crippen molar-refractivity contribution in [2.75, 3.05) is 13.2 Å². The van der Waals surface area contributed by atoms with Crippen LogP contribution in [0.25, 0.3) is 11.5 Å². The lowest BCUT2D eigenvalue weighted by Crippen LogP contribution is -2.41. The molecule has 0 spiro atoms. The molecule has 1 fully saturated rings. The smallest absolute Gasteiger partial charge is 0.338 e. The average molecular weight is 435 g/mol. The van der Waals surface area contributed by atoms with E-state index in [1.807, 2.05) is 62.5 Å². The summed E-state index contributed by atoms with van der Waals surface area (Å²) in [6.07, 6.45) is 6.54. The van der Waals surface area contributed by atoms with Crippen LogP contribution in [0.1, 0.15) is 48.9 Å². The lowest BCUT2D eigenvalue weighted by Gasteiger charge is -2.25. The molecule has 3 heterocycles. The molecular weight excluding hydrogens is 404 g/mol. The van der Waals surface area contributed by atoms with Gasteiger partial charge < -0.3 is 13.9 Å². The molecule has 1 aliphatic heterocycles. The predicted molar refractivity (Wildman–Crippen MR) is 121 cm³/mol. The maximum absolute atomic E-state index is 12.5. The Morgan fingerprint density at radius 2 is 2.00 bits per heavy atom. The summed E-state index contributed by atoms with van der Waals surface area (Å²) >= 11 is 0. The second-order valence-corrected chi connectivity index (χ2v) is 8.24. The summed E-state index contributed by atoms with van der Waals surface area (Å²) in [5, 5.41) is 0. The van der Waals surface area contributed by atoms with Gasteiger partial charge in [0.25, 0.3) is 0 Å². The van der Waals surface area contributed by atoms with Gasteiger partial charge in [-0.05, 0) is 69.7 Å². The molecule has 1 unspecified atom stereocenters. The van der Waals surface area contributed by atoms with Crippen molar-refractivity contribution in [3.8, 4) is 11.5 Å². The van der Waals surface area contributed by atoms with Crippen LogP contribution in [-0.4, -0.2) is 34.8 Å². The van der Waals surface area contributed by atoms with E-state index in [0.717, 1.165) is 54.0 Å². The second kappa shape index (κ2) is 10.1. The monoisotopic (exact) mass is 434 g/mol. The molecule has 3 aromatic rings. The number of esters is 1. The van der Waals surface area contributed by atoms with Crippen molar-refractivity contribution < 1.29 is 18.7 Å². The van der Waals surface area contributed by atoms with Crippen LogP contribution < -0.4 is 0 Å². The number of ether oxygens (including phenoxy) is 2. The zero-order valence-electron chi connectivity index (χ0n) is 18.8. The van der Waals surface area contributed by atoms with Gasteiger partial charge in [0.15, 0.2) is 5.60 Å². The van der Waals surface area contributed by atoms with Crippen molar-refractivity contribution in [1.82, 2.24) is 9.97 Å². The number of aryl methyl sites for hydroxylation is 3. The molecule has 6 nitrogen and oxygen atoms in total. The summed E-state index contributed by atoms with van der Waals surface area (Å²) < 4.78 is 16.9. The molecule has 1 atom stereocenters. The van der Waals surface area contributed by atoms with Crippen LogP contribution in [-0.2, 0) is 33.5 Å². The van der Waals surface area contributed by atoms with E-state index in [1.54, 1.807) is 0 Å². The van der Waals surface area contributed by atoms with Crippen molar-refractivity contribution in [3.63, 3.8) is 0 Å². The molecule has 168 valence electrons. The topological polar surface area (TPSA) is 74.5 Å². The van der Waals surface area contributed by atoms with Gasteiger partial charge in [0.05, 0.1) is 12.3 Å². The second-order valence-electron chi connectivity index (χ2n) is 8.24. The van der Waals surface area contributed by atoms with Gasteiger partial charge in [0, 0.05) is 30.5 Å². The van der Waals surface area contributed by atoms with Crippen molar-refractivity contribution in [2.45, 2.75) is 58.0 Å². The van der Waals surface area contributed by atoms with E-state index in [9.17, 15) is 4.79 Å². The summed E-state index contributed by atoms with van der Waals surface area (Å²) in [7, 11) is 0. The van der Waals surface area contributed by atoms with Crippen LogP contribution in [0.4, 0.5) is 0 Å². The minimum Gasteiger partial charge on any atom is -0.464 e. The minimum atomic E-state index is -0.861. The maximum atomic E-state index is 12.5. The van der Waals surface area contributed by atoms with E-state index in [2.05, 4.69) is 9.97 Å². The van der Waals surface area contributed by atoms with E-state index >= 15 is 0 Å². The number of rotatable bonds is 9. The zero-order valence-corrected chi connectivity index (χ0v) is 18.8. The first-order chi connectivity index (χ1) is 15.6. The first kappa shape index (κ1) is 22.2. The molecule has 0 radical (unpaired) electrons. The van der Waals surface area contributed by atoms with Crippen molar-refractivity contribution in [1.29, 1.82) is 0 Å². The van der Waals surface area contributed by atoms with Gasteiger partial charge in [-0.3, -0.25) is 4.98 Å². The van der Waals surface area contributed by atoms with Crippen LogP contribution in [0.2, 0.25) is 0 Å². The Bertz CT molecular complexity index is 1020. The number of hydrogen-bond acceptors (Lipinski definition) is 6. The SMILES string of the molecule is CCOC(=O)C1(Cc2ccc(CCCc3nc(-c4ccccc4)oc3C)nc2)CCCO1. The normalized spacial score (nSPS) is 18.1. The minimum absolute atomic E-state index is 0.264. The van der Waals surface area contributed by atoms with Crippen LogP contribution >= 0.6 is 0 Å². The Hall–Kier alpha value is -2.99. The van der Waals surface area contributed by atoms with E-state index in [0.29, 0.717) is 31.9 Å². The number of aromatic nitrogens is 2. The highest BCUT2D eigenvalue weighted by Gasteiger charge is 2.44. The summed E-state index contributed by atoms with van der Waals surface area (Å²) in [6, 6.07) is 14.0. The van der Waals surface area contributed by atoms with Gasteiger partial charge in [-0.1, -0.05) is 24.3 Å². The van der Waals surface area contributed by atoms with Gasteiger partial charge >= 0.3 is 5.97 Å². The average Bonchev–Trinajstić information content (AvgIpc) is 3.43. The summed E-state index contributed by atoms with van der Waals surface area (Å²) in [5.74, 6) is 1.28. The fraction of sp³-hybridized carbons (Fsp3) is 0.423. The molecule has 0 N–H and O–H groups in total. The third kappa shape index (κ3) is 5.07. The Morgan fingerprint density at radius 1 is 1.16 bits per heavy atom. The molecule has 0 bridgehead atoms. The van der Waals surface area contributed by atoms with Gasteiger partial charge in [-0.25, -0.2) is 9.78 Å².